The van der Waals surface area contributed by atoms with E-state index in [0.29, 0.717) is 5.92 Å². The molecule has 19 heavy (non-hydrogen) atoms. The monoisotopic (exact) mass is 267 g/mol. The van der Waals surface area contributed by atoms with Gasteiger partial charge in [-0.2, -0.15) is 0 Å². The second-order valence-corrected chi connectivity index (χ2v) is 5.07. The number of hydrogen-bond acceptors (Lipinski definition) is 3. The molecule has 0 spiro atoms. The van der Waals surface area contributed by atoms with Crippen LogP contribution in [0.25, 0.3) is 0 Å². The SMILES string of the molecule is COc1ccc(F)cc1[C@H](C)NCC1CCOCC1. The fourth-order valence-electron chi connectivity index (χ4n) is 2.45. The zero-order chi connectivity index (χ0) is 13.7. The Hall–Kier alpha value is -1.13. The van der Waals surface area contributed by atoms with Crippen LogP contribution in [0.5, 0.6) is 5.75 Å². The molecule has 1 aliphatic rings. The summed E-state index contributed by atoms with van der Waals surface area (Å²) in [5.41, 5.74) is 0.870. The van der Waals surface area contributed by atoms with Crippen LogP contribution in [0.1, 0.15) is 31.4 Å². The van der Waals surface area contributed by atoms with Gasteiger partial charge in [-0.3, -0.25) is 0 Å². The van der Waals surface area contributed by atoms with Crippen molar-refractivity contribution in [3.8, 4) is 5.75 Å². The Kier molecular flexibility index (Phi) is 5.16. The third-order valence-corrected chi connectivity index (χ3v) is 3.71. The van der Waals surface area contributed by atoms with E-state index >= 15 is 0 Å². The molecule has 0 saturated carbocycles. The van der Waals surface area contributed by atoms with Gasteiger partial charge in [-0.05, 0) is 50.4 Å². The topological polar surface area (TPSA) is 30.5 Å². The zero-order valence-corrected chi connectivity index (χ0v) is 11.6. The van der Waals surface area contributed by atoms with Crippen LogP contribution in [-0.2, 0) is 4.74 Å². The number of rotatable bonds is 5. The van der Waals surface area contributed by atoms with Gasteiger partial charge < -0.3 is 14.8 Å². The molecule has 1 N–H and O–H groups in total. The van der Waals surface area contributed by atoms with E-state index in [-0.39, 0.29) is 11.9 Å². The van der Waals surface area contributed by atoms with Crippen LogP contribution >= 0.6 is 0 Å². The maximum atomic E-state index is 13.3. The van der Waals surface area contributed by atoms with Crippen molar-refractivity contribution in [2.75, 3.05) is 26.9 Å². The second kappa shape index (κ2) is 6.87. The van der Waals surface area contributed by atoms with Crippen molar-refractivity contribution < 1.29 is 13.9 Å². The molecule has 1 fully saturated rings. The molecule has 0 aliphatic carbocycles. The summed E-state index contributed by atoms with van der Waals surface area (Å²) in [5, 5.41) is 3.47. The molecule has 1 saturated heterocycles. The maximum absolute atomic E-state index is 13.3. The molecule has 2 rings (SSSR count). The van der Waals surface area contributed by atoms with Crippen LogP contribution < -0.4 is 10.1 Å². The van der Waals surface area contributed by atoms with E-state index < -0.39 is 0 Å². The fraction of sp³-hybridized carbons (Fsp3) is 0.600. The molecule has 1 aromatic carbocycles. The number of benzene rings is 1. The Morgan fingerprint density at radius 1 is 1.42 bits per heavy atom. The van der Waals surface area contributed by atoms with Gasteiger partial charge in [0.05, 0.1) is 7.11 Å². The standard InChI is InChI=1S/C15H22FNO2/c1-11(17-10-12-5-7-19-8-6-12)14-9-13(16)3-4-15(14)18-2/h3-4,9,11-12,17H,5-8,10H2,1-2H3/t11-/m0/s1. The number of halogens is 1. The van der Waals surface area contributed by atoms with Gasteiger partial charge in [-0.15, -0.1) is 0 Å². The van der Waals surface area contributed by atoms with Crippen LogP contribution in [-0.4, -0.2) is 26.9 Å². The summed E-state index contributed by atoms with van der Waals surface area (Å²) in [6.07, 6.45) is 2.19. The first-order valence-corrected chi connectivity index (χ1v) is 6.85. The van der Waals surface area contributed by atoms with Crippen LogP contribution in [0.2, 0.25) is 0 Å². The van der Waals surface area contributed by atoms with Crippen LogP contribution in [0.4, 0.5) is 4.39 Å². The predicted molar refractivity (Wildman–Crippen MR) is 72.9 cm³/mol. The normalized spacial score (nSPS) is 18.3. The molecule has 1 aromatic rings. The molecule has 0 aromatic heterocycles. The van der Waals surface area contributed by atoms with Crippen molar-refractivity contribution in [2.24, 2.45) is 5.92 Å². The Morgan fingerprint density at radius 2 is 2.16 bits per heavy atom. The lowest BCUT2D eigenvalue weighted by Gasteiger charge is -2.25. The first-order chi connectivity index (χ1) is 9.20. The van der Waals surface area contributed by atoms with E-state index in [2.05, 4.69) is 5.32 Å². The molecular weight excluding hydrogens is 245 g/mol. The summed E-state index contributed by atoms with van der Waals surface area (Å²) in [7, 11) is 1.61. The average molecular weight is 267 g/mol. The third-order valence-electron chi connectivity index (χ3n) is 3.71. The highest BCUT2D eigenvalue weighted by atomic mass is 19.1. The number of ether oxygens (including phenoxy) is 2. The van der Waals surface area contributed by atoms with Gasteiger partial charge in [0.1, 0.15) is 11.6 Å². The molecule has 1 atom stereocenters. The Balaban J connectivity index is 1.94. The first kappa shape index (κ1) is 14.3. The zero-order valence-electron chi connectivity index (χ0n) is 11.6. The second-order valence-electron chi connectivity index (χ2n) is 5.07. The van der Waals surface area contributed by atoms with Crippen molar-refractivity contribution in [3.05, 3.63) is 29.6 Å². The van der Waals surface area contributed by atoms with Gasteiger partial charge in [0.2, 0.25) is 0 Å². The summed E-state index contributed by atoms with van der Waals surface area (Å²) < 4.78 is 24.0. The Bertz CT molecular complexity index is 405. The summed E-state index contributed by atoms with van der Waals surface area (Å²) in [6.45, 7) is 4.68. The molecule has 0 unspecified atom stereocenters. The molecule has 0 bridgehead atoms. The number of methoxy groups -OCH3 is 1. The van der Waals surface area contributed by atoms with Crippen LogP contribution in [0.3, 0.4) is 0 Å². The van der Waals surface area contributed by atoms with Crippen molar-refractivity contribution in [2.45, 2.75) is 25.8 Å². The van der Waals surface area contributed by atoms with E-state index in [4.69, 9.17) is 9.47 Å². The molecule has 106 valence electrons. The minimum Gasteiger partial charge on any atom is -0.496 e. The van der Waals surface area contributed by atoms with Gasteiger partial charge in [0.25, 0.3) is 0 Å². The highest BCUT2D eigenvalue weighted by Crippen LogP contribution is 2.26. The fourth-order valence-corrected chi connectivity index (χ4v) is 2.45. The van der Waals surface area contributed by atoms with Crippen molar-refractivity contribution in [1.29, 1.82) is 0 Å². The highest BCUT2D eigenvalue weighted by Gasteiger charge is 2.17. The van der Waals surface area contributed by atoms with E-state index in [1.54, 1.807) is 19.2 Å². The quantitative estimate of drug-likeness (QED) is 0.889. The minimum absolute atomic E-state index is 0.0773. The Labute approximate surface area is 114 Å². The van der Waals surface area contributed by atoms with Crippen molar-refractivity contribution in [3.63, 3.8) is 0 Å². The minimum atomic E-state index is -0.226. The average Bonchev–Trinajstić information content (AvgIpc) is 2.46. The lowest BCUT2D eigenvalue weighted by Crippen LogP contribution is -2.29. The van der Waals surface area contributed by atoms with Gasteiger partial charge in [-0.1, -0.05) is 0 Å². The molecule has 3 nitrogen and oxygen atoms in total. The maximum Gasteiger partial charge on any atom is 0.123 e. The third kappa shape index (κ3) is 3.91. The van der Waals surface area contributed by atoms with Crippen LogP contribution in [0, 0.1) is 11.7 Å². The molecule has 0 radical (unpaired) electrons. The summed E-state index contributed by atoms with van der Waals surface area (Å²) in [6, 6.07) is 4.72. The number of nitrogens with one attached hydrogen (secondary N) is 1. The van der Waals surface area contributed by atoms with Gasteiger partial charge in [0, 0.05) is 24.8 Å². The molecule has 0 amide bonds. The summed E-state index contributed by atoms with van der Waals surface area (Å²) in [4.78, 5) is 0. The van der Waals surface area contributed by atoms with E-state index in [1.165, 1.54) is 6.07 Å². The molecule has 1 aliphatic heterocycles. The van der Waals surface area contributed by atoms with Crippen molar-refractivity contribution >= 4 is 0 Å². The van der Waals surface area contributed by atoms with Crippen LogP contribution in [0.15, 0.2) is 18.2 Å². The summed E-state index contributed by atoms with van der Waals surface area (Å²) >= 11 is 0. The first-order valence-electron chi connectivity index (χ1n) is 6.85. The van der Waals surface area contributed by atoms with E-state index in [0.717, 1.165) is 43.9 Å². The van der Waals surface area contributed by atoms with Gasteiger partial charge >= 0.3 is 0 Å². The largest absolute Gasteiger partial charge is 0.496 e. The smallest absolute Gasteiger partial charge is 0.123 e. The van der Waals surface area contributed by atoms with Gasteiger partial charge in [0.15, 0.2) is 0 Å². The Morgan fingerprint density at radius 3 is 2.84 bits per heavy atom. The van der Waals surface area contributed by atoms with E-state index in [9.17, 15) is 4.39 Å². The summed E-state index contributed by atoms with van der Waals surface area (Å²) in [5.74, 6) is 1.15. The molecule has 1 heterocycles. The van der Waals surface area contributed by atoms with E-state index in [1.807, 2.05) is 6.92 Å². The van der Waals surface area contributed by atoms with Gasteiger partial charge in [-0.25, -0.2) is 4.39 Å². The lowest BCUT2D eigenvalue weighted by atomic mass is 9.99. The molecular formula is C15H22FNO2. The lowest BCUT2D eigenvalue weighted by molar-refractivity contribution is 0.0656. The number of hydrogen-bond donors (Lipinski definition) is 1. The highest BCUT2D eigenvalue weighted by molar-refractivity contribution is 5.36. The van der Waals surface area contributed by atoms with Crippen molar-refractivity contribution in [1.82, 2.24) is 5.32 Å². The predicted octanol–water partition coefficient (Wildman–Crippen LogP) is 2.91. The molecule has 4 heteroatoms.